The highest BCUT2D eigenvalue weighted by molar-refractivity contribution is 6.32. The highest BCUT2D eigenvalue weighted by atomic mass is 35.5. The summed E-state index contributed by atoms with van der Waals surface area (Å²) < 4.78 is 0. The Labute approximate surface area is 118 Å². The lowest BCUT2D eigenvalue weighted by molar-refractivity contribution is -0.131. The predicted molar refractivity (Wildman–Crippen MR) is 80.8 cm³/mol. The molecular formula is C15H18ClNO2. The Balaban J connectivity index is 2.97. The van der Waals surface area contributed by atoms with E-state index in [-0.39, 0.29) is 0 Å². The van der Waals surface area contributed by atoms with Gasteiger partial charge in [-0.15, -0.1) is 0 Å². The Hall–Kier alpha value is -1.74. The second-order valence-corrected chi connectivity index (χ2v) is 4.76. The molecule has 0 aliphatic carbocycles. The van der Waals surface area contributed by atoms with Gasteiger partial charge in [-0.3, -0.25) is 0 Å². The molecule has 3 nitrogen and oxygen atoms in total. The summed E-state index contributed by atoms with van der Waals surface area (Å²) in [5.74, 6) is -0.988. The summed E-state index contributed by atoms with van der Waals surface area (Å²) in [6.07, 6.45) is 2.57. The van der Waals surface area contributed by atoms with Gasteiger partial charge in [0.25, 0.3) is 0 Å². The molecule has 0 bridgehead atoms. The van der Waals surface area contributed by atoms with E-state index in [0.29, 0.717) is 10.6 Å². The zero-order chi connectivity index (χ0) is 14.4. The molecule has 1 aromatic carbocycles. The molecule has 102 valence electrons. The summed E-state index contributed by atoms with van der Waals surface area (Å²) in [5, 5.41) is 9.14. The zero-order valence-corrected chi connectivity index (χ0v) is 11.9. The number of benzene rings is 1. The molecule has 1 N–H and O–H groups in total. The monoisotopic (exact) mass is 279 g/mol. The number of hydrogen-bond acceptors (Lipinski definition) is 2. The maximum absolute atomic E-state index is 10.5. The zero-order valence-electron chi connectivity index (χ0n) is 11.2. The van der Waals surface area contributed by atoms with Crippen molar-refractivity contribution >= 4 is 29.3 Å². The minimum atomic E-state index is -0.988. The van der Waals surface area contributed by atoms with E-state index < -0.39 is 5.97 Å². The van der Waals surface area contributed by atoms with Crippen molar-refractivity contribution < 1.29 is 9.90 Å². The fourth-order valence-electron chi connectivity index (χ4n) is 1.72. The van der Waals surface area contributed by atoms with Gasteiger partial charge in [-0.25, -0.2) is 4.79 Å². The molecule has 0 amide bonds. The van der Waals surface area contributed by atoms with Crippen molar-refractivity contribution in [3.8, 4) is 0 Å². The molecule has 4 heteroatoms. The van der Waals surface area contributed by atoms with E-state index in [1.165, 1.54) is 6.08 Å². The van der Waals surface area contributed by atoms with Crippen molar-refractivity contribution in [1.29, 1.82) is 0 Å². The lowest BCUT2D eigenvalue weighted by atomic mass is 10.1. The third-order valence-corrected chi connectivity index (χ3v) is 2.92. The number of carboxylic acids is 1. The van der Waals surface area contributed by atoms with Gasteiger partial charge in [0.2, 0.25) is 0 Å². The highest BCUT2D eigenvalue weighted by Gasteiger charge is 2.06. The fourth-order valence-corrected chi connectivity index (χ4v) is 1.96. The molecule has 0 aliphatic heterocycles. The summed E-state index contributed by atoms with van der Waals surface area (Å²) in [4.78, 5) is 12.6. The van der Waals surface area contributed by atoms with Crippen LogP contribution >= 0.6 is 11.6 Å². The second kappa shape index (κ2) is 7.00. The summed E-state index contributed by atoms with van der Waals surface area (Å²) in [7, 11) is 0. The minimum absolute atomic E-state index is 0.537. The average molecular weight is 280 g/mol. The molecule has 0 aromatic heterocycles. The van der Waals surface area contributed by atoms with E-state index in [1.54, 1.807) is 0 Å². The minimum Gasteiger partial charge on any atom is -0.478 e. The molecule has 0 saturated carbocycles. The van der Waals surface area contributed by atoms with Crippen molar-refractivity contribution in [2.24, 2.45) is 0 Å². The Morgan fingerprint density at radius 1 is 1.53 bits per heavy atom. The average Bonchev–Trinajstić information content (AvgIpc) is 2.34. The van der Waals surface area contributed by atoms with Crippen LogP contribution in [0.2, 0.25) is 5.02 Å². The standard InChI is InChI=1S/C15H18ClNO2/c1-4-17(10-11(2)3)13-7-5-12(14(16)9-13)6-8-15(18)19/h5-9H,2,4,10H2,1,3H3,(H,18,19)/b8-6+. The largest absolute Gasteiger partial charge is 0.478 e. The van der Waals surface area contributed by atoms with Gasteiger partial charge in [-0.05, 0) is 37.6 Å². The van der Waals surface area contributed by atoms with Gasteiger partial charge in [0.05, 0.1) is 0 Å². The Kier molecular flexibility index (Phi) is 5.64. The molecule has 19 heavy (non-hydrogen) atoms. The number of hydrogen-bond donors (Lipinski definition) is 1. The molecule has 0 spiro atoms. The number of carbonyl (C=O) groups is 1. The number of carboxylic acid groups (broad SMARTS) is 1. The van der Waals surface area contributed by atoms with Crippen molar-refractivity contribution in [3.05, 3.63) is 47.0 Å². The van der Waals surface area contributed by atoms with E-state index in [1.807, 2.05) is 25.1 Å². The molecule has 0 heterocycles. The first-order chi connectivity index (χ1) is 8.93. The number of likely N-dealkylation sites (N-methyl/N-ethyl adjacent to an activating group) is 1. The number of rotatable bonds is 6. The van der Waals surface area contributed by atoms with Crippen molar-refractivity contribution in [1.82, 2.24) is 0 Å². The normalized spacial score (nSPS) is 10.7. The molecule has 0 aliphatic rings. The first kappa shape index (κ1) is 15.3. The molecule has 0 atom stereocenters. The van der Waals surface area contributed by atoms with Gasteiger partial charge < -0.3 is 10.0 Å². The quantitative estimate of drug-likeness (QED) is 0.635. The van der Waals surface area contributed by atoms with Gasteiger partial charge in [0.15, 0.2) is 0 Å². The molecule has 1 rings (SSSR count). The van der Waals surface area contributed by atoms with Crippen LogP contribution in [0.25, 0.3) is 6.08 Å². The predicted octanol–water partition coefficient (Wildman–Crippen LogP) is 3.84. The van der Waals surface area contributed by atoms with E-state index in [0.717, 1.165) is 30.4 Å². The third kappa shape index (κ3) is 4.79. The van der Waals surface area contributed by atoms with E-state index in [9.17, 15) is 4.79 Å². The topological polar surface area (TPSA) is 40.5 Å². The van der Waals surface area contributed by atoms with Crippen LogP contribution in [-0.4, -0.2) is 24.2 Å². The SMILES string of the molecule is C=C(C)CN(CC)c1ccc(/C=C/C(=O)O)c(Cl)c1. The van der Waals surface area contributed by atoms with Gasteiger partial charge in [-0.1, -0.05) is 29.8 Å². The summed E-state index contributed by atoms with van der Waals surface area (Å²) in [6, 6.07) is 5.59. The summed E-state index contributed by atoms with van der Waals surface area (Å²) in [6.45, 7) is 9.58. The molecular weight excluding hydrogens is 262 g/mol. The summed E-state index contributed by atoms with van der Waals surface area (Å²) >= 11 is 6.16. The van der Waals surface area contributed by atoms with E-state index in [4.69, 9.17) is 16.7 Å². The van der Waals surface area contributed by atoms with Crippen LogP contribution in [0.15, 0.2) is 36.4 Å². The van der Waals surface area contributed by atoms with Gasteiger partial charge in [0, 0.05) is 29.9 Å². The first-order valence-electron chi connectivity index (χ1n) is 6.04. The molecule has 0 radical (unpaired) electrons. The van der Waals surface area contributed by atoms with E-state index in [2.05, 4.69) is 18.4 Å². The van der Waals surface area contributed by atoms with Crippen molar-refractivity contribution in [2.75, 3.05) is 18.0 Å². The van der Waals surface area contributed by atoms with Crippen LogP contribution < -0.4 is 4.90 Å². The van der Waals surface area contributed by atoms with Crippen LogP contribution in [0.1, 0.15) is 19.4 Å². The van der Waals surface area contributed by atoms with Crippen LogP contribution in [0.5, 0.6) is 0 Å². The Bertz CT molecular complexity index is 509. The maximum Gasteiger partial charge on any atom is 0.328 e. The van der Waals surface area contributed by atoms with Crippen LogP contribution in [0, 0.1) is 0 Å². The smallest absolute Gasteiger partial charge is 0.328 e. The first-order valence-corrected chi connectivity index (χ1v) is 6.41. The van der Waals surface area contributed by atoms with Gasteiger partial charge >= 0.3 is 5.97 Å². The summed E-state index contributed by atoms with van der Waals surface area (Å²) in [5.41, 5.74) is 2.77. The van der Waals surface area contributed by atoms with E-state index >= 15 is 0 Å². The van der Waals surface area contributed by atoms with Gasteiger partial charge in [-0.2, -0.15) is 0 Å². The van der Waals surface area contributed by atoms with Crippen molar-refractivity contribution in [2.45, 2.75) is 13.8 Å². The van der Waals surface area contributed by atoms with Crippen LogP contribution in [0.3, 0.4) is 0 Å². The molecule has 0 unspecified atom stereocenters. The lowest BCUT2D eigenvalue weighted by Crippen LogP contribution is -2.24. The fraction of sp³-hybridized carbons (Fsp3) is 0.267. The number of nitrogens with zero attached hydrogens (tertiary/aromatic N) is 1. The van der Waals surface area contributed by atoms with Gasteiger partial charge in [0.1, 0.15) is 0 Å². The van der Waals surface area contributed by atoms with Crippen LogP contribution in [0.4, 0.5) is 5.69 Å². The molecule has 1 aromatic rings. The number of anilines is 1. The molecule has 0 fully saturated rings. The Morgan fingerprint density at radius 2 is 2.21 bits per heavy atom. The van der Waals surface area contributed by atoms with Crippen LogP contribution in [-0.2, 0) is 4.79 Å². The maximum atomic E-state index is 10.5. The lowest BCUT2D eigenvalue weighted by Gasteiger charge is -2.23. The highest BCUT2D eigenvalue weighted by Crippen LogP contribution is 2.25. The third-order valence-electron chi connectivity index (χ3n) is 2.60. The number of aliphatic carboxylic acids is 1. The van der Waals surface area contributed by atoms with Crippen molar-refractivity contribution in [3.63, 3.8) is 0 Å². The number of halogens is 1. The molecule has 0 saturated heterocycles. The second-order valence-electron chi connectivity index (χ2n) is 4.35. The Morgan fingerprint density at radius 3 is 2.68 bits per heavy atom.